The van der Waals surface area contributed by atoms with Crippen LogP contribution in [0.15, 0.2) is 23.4 Å². The van der Waals surface area contributed by atoms with Gasteiger partial charge in [-0.2, -0.15) is 0 Å². The number of fused-ring (bicyclic) bond motifs is 3. The zero-order chi connectivity index (χ0) is 21.8. The van der Waals surface area contributed by atoms with Gasteiger partial charge in [0.2, 0.25) is 6.41 Å². The minimum Gasteiger partial charge on any atom is -0.398 e. The number of hydrogen-bond donors (Lipinski definition) is 3. The first-order valence-corrected chi connectivity index (χ1v) is 11.8. The van der Waals surface area contributed by atoms with Gasteiger partial charge in [-0.05, 0) is 43.4 Å². The number of nitrogen functional groups attached to an aromatic ring is 1. The summed E-state index contributed by atoms with van der Waals surface area (Å²) in [5, 5.41) is 5.02. The Balaban J connectivity index is 0.000000245. The van der Waals surface area contributed by atoms with E-state index < -0.39 is 0 Å². The van der Waals surface area contributed by atoms with E-state index in [2.05, 4.69) is 27.9 Å². The average Bonchev–Trinajstić information content (AvgIpc) is 3.18. The summed E-state index contributed by atoms with van der Waals surface area (Å²) in [6.07, 6.45) is 7.16. The van der Waals surface area contributed by atoms with E-state index in [1.54, 1.807) is 28.6 Å². The van der Waals surface area contributed by atoms with E-state index in [1.807, 2.05) is 6.07 Å². The van der Waals surface area contributed by atoms with Crippen LogP contribution in [0.1, 0.15) is 23.3 Å². The Kier molecular flexibility index (Phi) is 7.16. The average molecular weight is 478 g/mol. The molecule has 1 aliphatic carbocycles. The number of hydrogen-bond acceptors (Lipinski definition) is 8. The Bertz CT molecular complexity index is 1090. The second kappa shape index (κ2) is 10.0. The predicted octanol–water partition coefficient (Wildman–Crippen LogP) is 4.31. The summed E-state index contributed by atoms with van der Waals surface area (Å²) >= 11 is 12.4. The molecule has 1 aromatic carbocycles. The lowest BCUT2D eigenvalue weighted by Crippen LogP contribution is -2.34. The van der Waals surface area contributed by atoms with Crippen molar-refractivity contribution >= 4 is 69.4 Å². The number of thiol groups is 1. The van der Waals surface area contributed by atoms with Crippen molar-refractivity contribution < 1.29 is 9.53 Å². The van der Waals surface area contributed by atoms with Gasteiger partial charge in [-0.25, -0.2) is 9.97 Å². The maximum atomic E-state index is 10.0. The summed E-state index contributed by atoms with van der Waals surface area (Å²) in [5.74, 6) is 0.800. The van der Waals surface area contributed by atoms with Crippen LogP contribution in [-0.4, -0.2) is 47.6 Å². The summed E-state index contributed by atoms with van der Waals surface area (Å²) < 4.78 is 5.00. The van der Waals surface area contributed by atoms with Crippen molar-refractivity contribution in [2.45, 2.75) is 30.6 Å². The molecule has 0 radical (unpaired) electrons. The summed E-state index contributed by atoms with van der Waals surface area (Å²) in [7, 11) is 0. The maximum absolute atomic E-state index is 10.0. The lowest BCUT2D eigenvalue weighted by molar-refractivity contribution is -0.121. The molecule has 2 aliphatic rings. The fourth-order valence-electron chi connectivity index (χ4n) is 3.67. The first kappa shape index (κ1) is 22.1. The first-order chi connectivity index (χ1) is 15.1. The number of anilines is 3. The van der Waals surface area contributed by atoms with Crippen LogP contribution in [0.4, 0.5) is 17.2 Å². The maximum Gasteiger partial charge on any atom is 0.209 e. The molecule has 31 heavy (non-hydrogen) atoms. The number of carbonyl (C=O) groups excluding carboxylic acids is 1. The second-order valence-electron chi connectivity index (χ2n) is 7.38. The first-order valence-electron chi connectivity index (χ1n) is 10.1. The van der Waals surface area contributed by atoms with Crippen LogP contribution in [0.2, 0.25) is 5.02 Å². The highest BCUT2D eigenvalue weighted by Crippen LogP contribution is 2.40. The molecule has 2 aromatic heterocycles. The van der Waals surface area contributed by atoms with Gasteiger partial charge in [0.05, 0.1) is 29.3 Å². The number of nitrogens with zero attached hydrogens (tertiary/aromatic N) is 3. The Labute approximate surface area is 195 Å². The number of halogens is 1. The molecule has 3 N–H and O–H groups in total. The lowest BCUT2D eigenvalue weighted by Gasteiger charge is -2.21. The van der Waals surface area contributed by atoms with Crippen molar-refractivity contribution in [1.29, 1.82) is 0 Å². The molecule has 0 spiro atoms. The molecule has 164 valence electrons. The number of ether oxygens (including phenoxy) is 1. The number of aryl methyl sites for hydroxylation is 2. The summed E-state index contributed by atoms with van der Waals surface area (Å²) in [5.41, 5.74) is 8.53. The zero-order valence-corrected chi connectivity index (χ0v) is 19.4. The highest BCUT2D eigenvalue weighted by molar-refractivity contribution is 7.80. The predicted molar refractivity (Wildman–Crippen MR) is 129 cm³/mol. The van der Waals surface area contributed by atoms with E-state index in [0.29, 0.717) is 28.8 Å². The van der Waals surface area contributed by atoms with Crippen LogP contribution in [0.3, 0.4) is 0 Å². The molecule has 10 heteroatoms. The van der Waals surface area contributed by atoms with Crippen molar-refractivity contribution in [3.63, 3.8) is 0 Å². The van der Waals surface area contributed by atoms with E-state index in [9.17, 15) is 4.79 Å². The highest BCUT2D eigenvalue weighted by Gasteiger charge is 2.20. The van der Waals surface area contributed by atoms with Crippen LogP contribution in [0, 0.1) is 0 Å². The van der Waals surface area contributed by atoms with Crippen LogP contribution in [-0.2, 0) is 22.4 Å². The summed E-state index contributed by atoms with van der Waals surface area (Å²) in [4.78, 5) is 23.8. The van der Waals surface area contributed by atoms with Gasteiger partial charge in [-0.15, -0.1) is 24.0 Å². The standard InChI is InChI=1S/C16H15ClN4S2.C5H9NO2/c17-9-5-10(18)12(22)6-11(9)21-15-14-8-3-1-2-4-13(8)23-16(14)20-7-19-15;7-5-6-1-3-8-4-2-6/h5-7,22H,1-4,18H2,(H,19,20,21);5H,1-4H2. The number of benzene rings is 1. The molecule has 1 aliphatic heterocycles. The van der Waals surface area contributed by atoms with Gasteiger partial charge in [0.1, 0.15) is 17.0 Å². The van der Waals surface area contributed by atoms with Gasteiger partial charge in [0.25, 0.3) is 0 Å². The third-order valence-electron chi connectivity index (χ3n) is 5.32. The number of aromatic nitrogens is 2. The Morgan fingerprint density at radius 2 is 2.00 bits per heavy atom. The molecule has 0 unspecified atom stereocenters. The molecule has 1 saturated heterocycles. The SMILES string of the molecule is Nc1cc(Cl)c(Nc2ncnc3sc4c(c23)CCCC4)cc1S.O=CN1CCOCC1. The monoisotopic (exact) mass is 477 g/mol. The minimum absolute atomic E-state index is 0.552. The van der Waals surface area contributed by atoms with Crippen LogP contribution in [0.5, 0.6) is 0 Å². The number of rotatable bonds is 3. The van der Waals surface area contributed by atoms with Gasteiger partial charge >= 0.3 is 0 Å². The molecule has 0 atom stereocenters. The quantitative estimate of drug-likeness (QED) is 0.295. The lowest BCUT2D eigenvalue weighted by atomic mass is 9.97. The number of carbonyl (C=O) groups is 1. The van der Waals surface area contributed by atoms with Gasteiger partial charge < -0.3 is 20.7 Å². The molecule has 1 fully saturated rings. The number of nitrogens with one attached hydrogen (secondary N) is 1. The molecule has 5 rings (SSSR count). The third kappa shape index (κ3) is 5.06. The highest BCUT2D eigenvalue weighted by atomic mass is 35.5. The molecule has 3 heterocycles. The van der Waals surface area contributed by atoms with Gasteiger partial charge in [0.15, 0.2) is 0 Å². The second-order valence-corrected chi connectivity index (χ2v) is 9.36. The van der Waals surface area contributed by atoms with Gasteiger partial charge in [-0.1, -0.05) is 11.6 Å². The smallest absolute Gasteiger partial charge is 0.209 e. The molecule has 0 bridgehead atoms. The zero-order valence-electron chi connectivity index (χ0n) is 16.9. The topological polar surface area (TPSA) is 93.4 Å². The molecular formula is C21H24ClN5O2S2. The largest absolute Gasteiger partial charge is 0.398 e. The molecular weight excluding hydrogens is 454 g/mol. The van der Waals surface area contributed by atoms with Crippen molar-refractivity contribution in [3.8, 4) is 0 Å². The van der Waals surface area contributed by atoms with Gasteiger partial charge in [-0.3, -0.25) is 4.79 Å². The van der Waals surface area contributed by atoms with Crippen LogP contribution < -0.4 is 11.1 Å². The van der Waals surface area contributed by atoms with E-state index in [-0.39, 0.29) is 0 Å². The number of thiophene rings is 1. The van der Waals surface area contributed by atoms with Crippen molar-refractivity contribution in [1.82, 2.24) is 14.9 Å². The normalized spacial score (nSPS) is 15.7. The van der Waals surface area contributed by atoms with Crippen LogP contribution >= 0.6 is 35.6 Å². The van der Waals surface area contributed by atoms with Crippen molar-refractivity contribution in [3.05, 3.63) is 33.9 Å². The Morgan fingerprint density at radius 1 is 1.23 bits per heavy atom. The number of nitrogens with two attached hydrogens (primary N) is 1. The number of amides is 1. The molecule has 3 aromatic rings. The fourth-order valence-corrected chi connectivity index (χ4v) is 5.31. The fraction of sp³-hybridized carbons (Fsp3) is 0.381. The van der Waals surface area contributed by atoms with Crippen molar-refractivity contribution in [2.75, 3.05) is 37.4 Å². The molecule has 7 nitrogen and oxygen atoms in total. The van der Waals surface area contributed by atoms with E-state index in [1.165, 1.54) is 23.3 Å². The number of morpholine rings is 1. The third-order valence-corrected chi connectivity index (χ3v) is 7.22. The molecule has 1 amide bonds. The molecule has 0 saturated carbocycles. The summed E-state index contributed by atoms with van der Waals surface area (Å²) in [6, 6.07) is 3.53. The van der Waals surface area contributed by atoms with E-state index in [0.717, 1.165) is 54.1 Å². The van der Waals surface area contributed by atoms with E-state index in [4.69, 9.17) is 22.1 Å². The summed E-state index contributed by atoms with van der Waals surface area (Å²) in [6.45, 7) is 2.89. The van der Waals surface area contributed by atoms with Crippen LogP contribution in [0.25, 0.3) is 10.2 Å². The Morgan fingerprint density at radius 3 is 2.74 bits per heavy atom. The Hall–Kier alpha value is -2.07. The van der Waals surface area contributed by atoms with Crippen molar-refractivity contribution in [2.24, 2.45) is 0 Å². The van der Waals surface area contributed by atoms with Gasteiger partial charge in [0, 0.05) is 28.5 Å². The van der Waals surface area contributed by atoms with E-state index >= 15 is 0 Å². The minimum atomic E-state index is 0.552.